The first kappa shape index (κ1) is 44.5. The van der Waals surface area contributed by atoms with Crippen LogP contribution in [-0.2, 0) is 42.9 Å². The van der Waals surface area contributed by atoms with Crippen molar-refractivity contribution >= 4 is 35.4 Å². The summed E-state index contributed by atoms with van der Waals surface area (Å²) in [6, 6.07) is 24.8. The second-order valence-corrected chi connectivity index (χ2v) is 17.6. The van der Waals surface area contributed by atoms with Crippen LogP contribution in [0.2, 0.25) is 0 Å². The van der Waals surface area contributed by atoms with Gasteiger partial charge in [0.15, 0.2) is 29.4 Å². The van der Waals surface area contributed by atoms with Gasteiger partial charge in [-0.15, -0.1) is 0 Å². The normalized spacial score (nSPS) is 31.9. The van der Waals surface area contributed by atoms with Crippen LogP contribution in [0.3, 0.4) is 0 Å². The molecule has 1 heterocycles. The first-order chi connectivity index (χ1) is 29.3. The first-order valence-electron chi connectivity index (χ1n) is 20.7. The van der Waals surface area contributed by atoms with E-state index in [1.807, 2.05) is 0 Å². The van der Waals surface area contributed by atoms with Crippen LogP contribution in [0.15, 0.2) is 102 Å². The van der Waals surface area contributed by atoms with E-state index in [-0.39, 0.29) is 41.9 Å². The highest BCUT2D eigenvalue weighted by atomic mass is 16.6. The number of hydrogen-bond donors (Lipinski definition) is 3. The average molecular weight is 853 g/mol. The zero-order valence-electron chi connectivity index (χ0n) is 35.4. The molecular formula is C48H52O14. The molecule has 1 aliphatic heterocycles. The molecule has 0 amide bonds. The predicted octanol–water partition coefficient (Wildman–Crippen LogP) is 4.62. The minimum absolute atomic E-state index is 0.0127. The topological polar surface area (TPSA) is 209 Å². The Morgan fingerprint density at radius 1 is 0.823 bits per heavy atom. The number of Topliss-reactive ketones (excluding diaryl/α,β-unsaturated/α-hetero) is 2. The molecule has 3 aromatic carbocycles. The molecule has 11 atom stereocenters. The minimum Gasteiger partial charge on any atom is -0.456 e. The molecule has 328 valence electrons. The number of carbonyl (C=O) groups is 6. The molecule has 4 aliphatic rings. The van der Waals surface area contributed by atoms with Gasteiger partial charge in [-0.1, -0.05) is 92.7 Å². The zero-order chi connectivity index (χ0) is 44.9. The van der Waals surface area contributed by atoms with Crippen LogP contribution < -0.4 is 0 Å². The molecule has 14 heteroatoms. The van der Waals surface area contributed by atoms with Crippen LogP contribution in [0.5, 0.6) is 0 Å². The Hall–Kier alpha value is -5.54. The van der Waals surface area contributed by atoms with E-state index in [1.165, 1.54) is 26.0 Å². The van der Waals surface area contributed by atoms with Gasteiger partial charge in [-0.25, -0.2) is 9.59 Å². The van der Waals surface area contributed by atoms with Crippen molar-refractivity contribution in [3.05, 3.63) is 119 Å². The van der Waals surface area contributed by atoms with Crippen molar-refractivity contribution in [3.63, 3.8) is 0 Å². The number of fused-ring (bicyclic) bond motifs is 5. The largest absolute Gasteiger partial charge is 0.456 e. The SMILES string of the molecule is CC(=O)O[C@H]1C(=O)[C@@]2(C)[C@H]([C@H](OC(=O)c3ccccc3)[C@]3(O)CC(OC(=O)[C@H](O)[C@@H](CC(=O)c4ccccc4)c4ccccc4)C(C)=C1C3(C)C)[C@]1(OC(C)=O)CO[C@@H]1C[C@@H]2O. The molecule has 7 rings (SSSR count). The second kappa shape index (κ2) is 16.6. The third-order valence-corrected chi connectivity index (χ3v) is 13.8. The van der Waals surface area contributed by atoms with Gasteiger partial charge in [0, 0.05) is 50.0 Å². The molecule has 1 saturated heterocycles. The molecule has 62 heavy (non-hydrogen) atoms. The number of carbonyl (C=O) groups excluding carboxylic acids is 6. The van der Waals surface area contributed by atoms with Crippen LogP contribution in [0.25, 0.3) is 0 Å². The summed E-state index contributed by atoms with van der Waals surface area (Å²) in [5, 5.41) is 37.6. The maximum Gasteiger partial charge on any atom is 0.338 e. The lowest BCUT2D eigenvalue weighted by Gasteiger charge is -2.67. The van der Waals surface area contributed by atoms with Gasteiger partial charge >= 0.3 is 23.9 Å². The summed E-state index contributed by atoms with van der Waals surface area (Å²) < 4.78 is 30.3. The number of esters is 4. The summed E-state index contributed by atoms with van der Waals surface area (Å²) in [6.45, 7) is 8.04. The standard InChI is InChI=1S/C48H52O14/c1-26-34(60-44(56)38(53)32(29-16-10-7-11-17-29)22-33(51)30-18-12-8-13-19-30)24-48(57)42(61-43(55)31-20-14-9-15-21-31)40-46(6,35(52)23-36-47(40,25-58-36)62-28(3)50)41(54)39(59-27(2)49)37(26)45(48,4)5/h7-21,32,34-36,38-40,42,52-53,57H,22-25H2,1-6H3/t32-,34?,35-,36+,38+,39+,40-,42-,46+,47-,48+/m0/s1. The highest BCUT2D eigenvalue weighted by Crippen LogP contribution is 2.64. The predicted molar refractivity (Wildman–Crippen MR) is 219 cm³/mol. The third-order valence-electron chi connectivity index (χ3n) is 13.8. The summed E-state index contributed by atoms with van der Waals surface area (Å²) in [4.78, 5) is 83.6. The van der Waals surface area contributed by atoms with E-state index in [1.54, 1.807) is 92.7 Å². The maximum atomic E-state index is 15.5. The van der Waals surface area contributed by atoms with Gasteiger partial charge in [0.05, 0.1) is 29.6 Å². The lowest BCUT2D eigenvalue weighted by Crippen LogP contribution is -2.82. The summed E-state index contributed by atoms with van der Waals surface area (Å²) in [6.07, 6.45) is -10.6. The van der Waals surface area contributed by atoms with Crippen LogP contribution in [-0.4, -0.2) is 105 Å². The Morgan fingerprint density at radius 2 is 1.40 bits per heavy atom. The molecule has 2 saturated carbocycles. The van der Waals surface area contributed by atoms with Gasteiger partial charge in [-0.05, 0) is 42.7 Å². The van der Waals surface area contributed by atoms with E-state index < -0.39 is 107 Å². The molecule has 14 nitrogen and oxygen atoms in total. The maximum absolute atomic E-state index is 15.5. The number of rotatable bonds is 11. The van der Waals surface area contributed by atoms with E-state index in [4.69, 9.17) is 23.7 Å². The van der Waals surface area contributed by atoms with E-state index in [9.17, 15) is 39.3 Å². The summed E-state index contributed by atoms with van der Waals surface area (Å²) in [5.74, 6) is -7.57. The smallest absolute Gasteiger partial charge is 0.338 e. The molecule has 1 unspecified atom stereocenters. The van der Waals surface area contributed by atoms with Crippen LogP contribution in [0.4, 0.5) is 0 Å². The Balaban J connectivity index is 1.39. The highest BCUT2D eigenvalue weighted by molar-refractivity contribution is 5.97. The lowest BCUT2D eigenvalue weighted by molar-refractivity contribution is -0.346. The average Bonchev–Trinajstić information content (AvgIpc) is 3.24. The molecule has 3 aromatic rings. The number of ether oxygens (including phenoxy) is 5. The quantitative estimate of drug-likeness (QED) is 0.104. The van der Waals surface area contributed by atoms with E-state index in [0.29, 0.717) is 11.1 Å². The fourth-order valence-corrected chi connectivity index (χ4v) is 10.4. The van der Waals surface area contributed by atoms with Gasteiger partial charge in [0.25, 0.3) is 0 Å². The minimum atomic E-state index is -2.38. The molecule has 2 bridgehead atoms. The van der Waals surface area contributed by atoms with Crippen molar-refractivity contribution in [2.75, 3.05) is 6.61 Å². The van der Waals surface area contributed by atoms with Gasteiger partial charge in [-0.3, -0.25) is 19.2 Å². The lowest BCUT2D eigenvalue weighted by atomic mass is 9.44. The molecule has 0 aromatic heterocycles. The third kappa shape index (κ3) is 7.36. The van der Waals surface area contributed by atoms with Crippen molar-refractivity contribution < 1.29 is 67.8 Å². The molecule has 0 radical (unpaired) electrons. The molecule has 3 N–H and O–H groups in total. The van der Waals surface area contributed by atoms with Crippen LogP contribution in [0.1, 0.15) is 93.0 Å². The van der Waals surface area contributed by atoms with Crippen LogP contribution in [0, 0.1) is 16.7 Å². The monoisotopic (exact) mass is 852 g/mol. The van der Waals surface area contributed by atoms with Gasteiger partial charge < -0.3 is 39.0 Å². The van der Waals surface area contributed by atoms with Crippen molar-refractivity contribution in [1.82, 2.24) is 0 Å². The van der Waals surface area contributed by atoms with Crippen molar-refractivity contribution in [2.45, 2.75) is 115 Å². The Kier molecular flexibility index (Phi) is 11.9. The second-order valence-electron chi connectivity index (χ2n) is 17.6. The van der Waals surface area contributed by atoms with E-state index in [0.717, 1.165) is 13.8 Å². The Bertz CT molecular complexity index is 2270. The summed E-state index contributed by atoms with van der Waals surface area (Å²) in [5.41, 5.74) is -6.71. The fraction of sp³-hybridized carbons (Fsp3) is 0.458. The number of benzene rings is 3. The summed E-state index contributed by atoms with van der Waals surface area (Å²) >= 11 is 0. The molecule has 0 spiro atoms. The zero-order valence-corrected chi connectivity index (χ0v) is 35.4. The van der Waals surface area contributed by atoms with Gasteiger partial charge in [0.1, 0.15) is 23.9 Å². The van der Waals surface area contributed by atoms with Gasteiger partial charge in [-0.2, -0.15) is 0 Å². The Morgan fingerprint density at radius 3 is 1.95 bits per heavy atom. The van der Waals surface area contributed by atoms with E-state index >= 15 is 4.79 Å². The number of aliphatic hydroxyl groups is 3. The van der Waals surface area contributed by atoms with Crippen molar-refractivity contribution in [2.24, 2.45) is 16.7 Å². The number of hydrogen-bond acceptors (Lipinski definition) is 14. The van der Waals surface area contributed by atoms with E-state index in [2.05, 4.69) is 0 Å². The number of ketones is 2. The fourth-order valence-electron chi connectivity index (χ4n) is 10.4. The Labute approximate surface area is 359 Å². The van der Waals surface area contributed by atoms with Crippen LogP contribution >= 0.6 is 0 Å². The molecular weight excluding hydrogens is 801 g/mol. The highest BCUT2D eigenvalue weighted by Gasteiger charge is 2.78. The first-order valence-corrected chi connectivity index (χ1v) is 20.7. The molecule has 3 aliphatic carbocycles. The van der Waals surface area contributed by atoms with Crippen molar-refractivity contribution in [3.8, 4) is 0 Å². The number of aliphatic hydroxyl groups excluding tert-OH is 2. The van der Waals surface area contributed by atoms with Gasteiger partial charge in [0.2, 0.25) is 0 Å². The van der Waals surface area contributed by atoms with Crippen molar-refractivity contribution in [1.29, 1.82) is 0 Å². The summed E-state index contributed by atoms with van der Waals surface area (Å²) in [7, 11) is 0. The molecule has 3 fully saturated rings.